The molecule has 1 aromatic carbocycles. The van der Waals surface area contributed by atoms with E-state index in [0.717, 1.165) is 37.2 Å². The van der Waals surface area contributed by atoms with E-state index in [0.29, 0.717) is 11.5 Å². The Balaban J connectivity index is 0.00000338. The van der Waals surface area contributed by atoms with Crippen molar-refractivity contribution in [1.82, 2.24) is 5.32 Å². The zero-order chi connectivity index (χ0) is 18.2. The third-order valence-corrected chi connectivity index (χ3v) is 4.33. The van der Waals surface area contributed by atoms with E-state index >= 15 is 0 Å². The van der Waals surface area contributed by atoms with Crippen LogP contribution in [0.2, 0.25) is 0 Å². The van der Waals surface area contributed by atoms with Crippen LogP contribution in [0.5, 0.6) is 11.5 Å². The van der Waals surface area contributed by atoms with Gasteiger partial charge in [-0.1, -0.05) is 13.0 Å². The Morgan fingerprint density at radius 1 is 1.23 bits per heavy atom. The number of benzene rings is 1. The Labute approximate surface area is 176 Å². The van der Waals surface area contributed by atoms with Crippen molar-refractivity contribution in [1.29, 1.82) is 0 Å². The Morgan fingerprint density at radius 2 is 1.92 bits per heavy atom. The van der Waals surface area contributed by atoms with Gasteiger partial charge in [0.05, 0.1) is 7.11 Å². The summed E-state index contributed by atoms with van der Waals surface area (Å²) in [6.07, 6.45) is 7.51. The van der Waals surface area contributed by atoms with Gasteiger partial charge in [0.1, 0.15) is 0 Å². The molecule has 0 aromatic heterocycles. The van der Waals surface area contributed by atoms with Gasteiger partial charge in [-0.25, -0.2) is 4.79 Å². The number of hydrogen-bond donors (Lipinski definition) is 2. The summed E-state index contributed by atoms with van der Waals surface area (Å²) in [6.45, 7) is 1.79. The van der Waals surface area contributed by atoms with Crippen LogP contribution in [0.1, 0.15) is 38.2 Å². The van der Waals surface area contributed by atoms with Gasteiger partial charge >= 0.3 is 35.5 Å². The van der Waals surface area contributed by atoms with Crippen molar-refractivity contribution >= 4 is 47.5 Å². The molecule has 1 aromatic rings. The van der Waals surface area contributed by atoms with Gasteiger partial charge in [0.2, 0.25) is 5.91 Å². The summed E-state index contributed by atoms with van der Waals surface area (Å²) in [5.74, 6) is 0.327. The van der Waals surface area contributed by atoms with Crippen molar-refractivity contribution in [3.8, 4) is 11.5 Å². The molecule has 138 valence electrons. The quantitative estimate of drug-likeness (QED) is 0.567. The van der Waals surface area contributed by atoms with E-state index in [2.05, 4.69) is 12.2 Å². The second-order valence-electron chi connectivity index (χ2n) is 6.39. The maximum absolute atomic E-state index is 12.1. The Kier molecular flexibility index (Phi) is 9.76. The number of carbonyl (C=O) groups excluding carboxylic acids is 1. The number of carboxylic acid groups (broad SMARTS) is 1. The molecule has 0 spiro atoms. The van der Waals surface area contributed by atoms with Gasteiger partial charge in [-0.05, 0) is 55.4 Å². The van der Waals surface area contributed by atoms with Crippen molar-refractivity contribution in [3.63, 3.8) is 0 Å². The van der Waals surface area contributed by atoms with Crippen LogP contribution in [0.3, 0.4) is 0 Å². The number of carbonyl (C=O) groups is 2. The summed E-state index contributed by atoms with van der Waals surface area (Å²) in [7, 11) is 1.48. The van der Waals surface area contributed by atoms with Crippen molar-refractivity contribution < 1.29 is 24.2 Å². The number of hydrogen-bond acceptors (Lipinski definition) is 4. The van der Waals surface area contributed by atoms with Crippen molar-refractivity contribution in [2.75, 3.05) is 13.7 Å². The van der Waals surface area contributed by atoms with E-state index in [-0.39, 0.29) is 41.5 Å². The van der Waals surface area contributed by atoms with Gasteiger partial charge < -0.3 is 19.9 Å². The third-order valence-electron chi connectivity index (χ3n) is 4.33. The molecule has 7 heteroatoms. The minimum atomic E-state index is -1.07. The van der Waals surface area contributed by atoms with Crippen LogP contribution in [-0.2, 0) is 9.59 Å². The van der Waals surface area contributed by atoms with Gasteiger partial charge in [-0.3, -0.25) is 4.79 Å². The number of aliphatic carboxylic acids is 1. The van der Waals surface area contributed by atoms with Crippen LogP contribution >= 0.6 is 0 Å². The summed E-state index contributed by atoms with van der Waals surface area (Å²) in [4.78, 5) is 22.7. The second kappa shape index (κ2) is 11.3. The van der Waals surface area contributed by atoms with Crippen LogP contribution in [0.4, 0.5) is 0 Å². The Morgan fingerprint density at radius 3 is 2.54 bits per heavy atom. The topological polar surface area (TPSA) is 84.9 Å². The molecule has 1 aliphatic carbocycles. The average molecular weight is 371 g/mol. The van der Waals surface area contributed by atoms with Crippen LogP contribution < -0.4 is 14.8 Å². The molecule has 26 heavy (non-hydrogen) atoms. The molecule has 6 nitrogen and oxygen atoms in total. The molecular formula is C19H26NNaO5. The van der Waals surface area contributed by atoms with Gasteiger partial charge in [-0.15, -0.1) is 0 Å². The van der Waals surface area contributed by atoms with E-state index in [1.165, 1.54) is 13.2 Å². The molecule has 1 aliphatic rings. The summed E-state index contributed by atoms with van der Waals surface area (Å²) in [5, 5.41) is 11.8. The molecule has 2 rings (SSSR count). The molecule has 2 N–H and O–H groups in total. The molecule has 0 aliphatic heterocycles. The standard InChI is InChI=1S/C19H25NO5.Na.H/c1-13-3-7-15(8-4-13)20-18(21)10-6-14-5-9-16(24-2)17(11-14)25-12-19(22)23;;/h5-6,9-11,13,15H,3-4,7-8,12H2,1-2H3,(H,20,21)(H,22,23);;. The number of ether oxygens (including phenoxy) is 2. The zero-order valence-electron chi connectivity index (χ0n) is 14.7. The fraction of sp³-hybridized carbons (Fsp3) is 0.474. The Hall–Kier alpha value is -1.50. The van der Waals surface area contributed by atoms with Gasteiger partial charge in [0.25, 0.3) is 0 Å². The molecule has 0 saturated heterocycles. The van der Waals surface area contributed by atoms with Crippen molar-refractivity contribution in [3.05, 3.63) is 29.8 Å². The van der Waals surface area contributed by atoms with Crippen LogP contribution in [0, 0.1) is 5.92 Å². The molecule has 0 atom stereocenters. The predicted octanol–water partition coefficient (Wildman–Crippen LogP) is 2.22. The fourth-order valence-electron chi connectivity index (χ4n) is 2.87. The zero-order valence-corrected chi connectivity index (χ0v) is 14.7. The Bertz CT molecular complexity index is 639. The first kappa shape index (κ1) is 22.5. The third kappa shape index (κ3) is 7.40. The minimum absolute atomic E-state index is 0. The van der Waals surface area contributed by atoms with Crippen LogP contribution in [-0.4, -0.2) is 66.3 Å². The molecule has 0 bridgehead atoms. The number of amides is 1. The predicted molar refractivity (Wildman–Crippen MR) is 102 cm³/mol. The molecule has 0 radical (unpaired) electrons. The first-order valence-corrected chi connectivity index (χ1v) is 8.49. The number of methoxy groups -OCH3 is 1. The molecule has 1 saturated carbocycles. The number of rotatable bonds is 7. The summed E-state index contributed by atoms with van der Waals surface area (Å²) in [5.41, 5.74) is 0.730. The van der Waals surface area contributed by atoms with Crippen LogP contribution in [0.25, 0.3) is 6.08 Å². The normalized spacial score (nSPS) is 19.5. The second-order valence-corrected chi connectivity index (χ2v) is 6.39. The van der Waals surface area contributed by atoms with E-state index in [9.17, 15) is 9.59 Å². The molecule has 0 unspecified atom stereocenters. The van der Waals surface area contributed by atoms with Crippen molar-refractivity contribution in [2.45, 2.75) is 38.6 Å². The van der Waals surface area contributed by atoms with E-state index in [4.69, 9.17) is 14.6 Å². The summed E-state index contributed by atoms with van der Waals surface area (Å²) >= 11 is 0. The monoisotopic (exact) mass is 371 g/mol. The SMILES string of the molecule is COc1ccc(C=CC(=O)NC2CCC(C)CC2)cc1OCC(=O)O.[NaH]. The molecule has 0 heterocycles. The first-order chi connectivity index (χ1) is 12.0. The molecule has 1 amide bonds. The molecule has 1 fully saturated rings. The van der Waals surface area contributed by atoms with Gasteiger partial charge in [0.15, 0.2) is 18.1 Å². The summed E-state index contributed by atoms with van der Waals surface area (Å²) < 4.78 is 10.4. The van der Waals surface area contributed by atoms with E-state index < -0.39 is 12.6 Å². The molecular weight excluding hydrogens is 345 g/mol. The van der Waals surface area contributed by atoms with E-state index in [1.807, 2.05) is 0 Å². The van der Waals surface area contributed by atoms with Crippen LogP contribution in [0.15, 0.2) is 24.3 Å². The maximum atomic E-state index is 12.1. The summed E-state index contributed by atoms with van der Waals surface area (Å²) in [6, 6.07) is 5.35. The van der Waals surface area contributed by atoms with E-state index in [1.54, 1.807) is 24.3 Å². The fourth-order valence-corrected chi connectivity index (χ4v) is 2.87. The number of nitrogens with one attached hydrogen (secondary N) is 1. The van der Waals surface area contributed by atoms with Crippen molar-refractivity contribution in [2.24, 2.45) is 5.92 Å². The first-order valence-electron chi connectivity index (χ1n) is 8.49. The number of carboxylic acids is 1. The van der Waals surface area contributed by atoms with Gasteiger partial charge in [-0.2, -0.15) is 0 Å². The van der Waals surface area contributed by atoms with Gasteiger partial charge in [0, 0.05) is 12.1 Å². The average Bonchev–Trinajstić information content (AvgIpc) is 2.60.